The smallest absolute Gasteiger partial charge is 0.407 e. The molecule has 4 rings (SSSR count). The highest BCUT2D eigenvalue weighted by molar-refractivity contribution is 5.77. The van der Waals surface area contributed by atoms with Crippen molar-refractivity contribution in [2.24, 2.45) is 40.4 Å². The zero-order valence-electron chi connectivity index (χ0n) is 21.7. The highest BCUT2D eigenvalue weighted by atomic mass is 16.6. The van der Waals surface area contributed by atoms with Gasteiger partial charge >= 0.3 is 6.09 Å². The fraction of sp³-hybridized carbons (Fsp3) is 0.926. The number of amides is 2. The van der Waals surface area contributed by atoms with Crippen LogP contribution in [0.15, 0.2) is 0 Å². The summed E-state index contributed by atoms with van der Waals surface area (Å²) in [6.45, 7) is 15.4. The molecule has 4 fully saturated rings. The van der Waals surface area contributed by atoms with E-state index in [1.165, 1.54) is 25.7 Å². The van der Waals surface area contributed by atoms with Crippen LogP contribution in [0.2, 0.25) is 0 Å². The van der Waals surface area contributed by atoms with Crippen molar-refractivity contribution in [3.05, 3.63) is 0 Å². The number of carbonyl (C=O) groups excluding carboxylic acids is 2. The fourth-order valence-electron chi connectivity index (χ4n) is 9.13. The van der Waals surface area contributed by atoms with Gasteiger partial charge in [-0.15, -0.1) is 0 Å². The Labute approximate surface area is 195 Å². The average molecular weight is 447 g/mol. The Kier molecular flexibility index (Phi) is 5.90. The number of alkyl carbamates (subject to hydrolysis) is 1. The van der Waals surface area contributed by atoms with Crippen molar-refractivity contribution in [2.45, 2.75) is 111 Å². The molecule has 0 spiro atoms. The number of ether oxygens (including phenoxy) is 1. The lowest BCUT2D eigenvalue weighted by Gasteiger charge is -2.62. The summed E-state index contributed by atoms with van der Waals surface area (Å²) in [6, 6.07) is 0.410. The first kappa shape index (κ1) is 23.9. The summed E-state index contributed by atoms with van der Waals surface area (Å²) in [5.74, 6) is 3.43. The summed E-state index contributed by atoms with van der Waals surface area (Å²) in [7, 11) is 2.03. The minimum atomic E-state index is -0.291. The van der Waals surface area contributed by atoms with Crippen molar-refractivity contribution in [2.75, 3.05) is 7.05 Å². The molecule has 1 aliphatic heterocycles. The van der Waals surface area contributed by atoms with Crippen LogP contribution in [0.1, 0.15) is 93.4 Å². The molecule has 0 radical (unpaired) electrons. The van der Waals surface area contributed by atoms with E-state index in [1.807, 2.05) is 27.8 Å². The quantitative estimate of drug-likeness (QED) is 0.598. The summed E-state index contributed by atoms with van der Waals surface area (Å²) < 4.78 is 5.97. The van der Waals surface area contributed by atoms with Gasteiger partial charge in [-0.25, -0.2) is 4.79 Å². The topological polar surface area (TPSA) is 58.6 Å². The molecule has 5 nitrogen and oxygen atoms in total. The van der Waals surface area contributed by atoms with Gasteiger partial charge in [0.25, 0.3) is 0 Å². The van der Waals surface area contributed by atoms with Crippen LogP contribution in [0.4, 0.5) is 4.79 Å². The fourth-order valence-corrected chi connectivity index (χ4v) is 9.13. The molecule has 0 aromatic rings. The van der Waals surface area contributed by atoms with Gasteiger partial charge in [-0.3, -0.25) is 4.79 Å². The van der Waals surface area contributed by atoms with Gasteiger partial charge in [-0.2, -0.15) is 0 Å². The molecule has 4 aliphatic rings. The van der Waals surface area contributed by atoms with Gasteiger partial charge in [0.1, 0.15) is 6.10 Å². The third kappa shape index (κ3) is 3.76. The minimum Gasteiger partial charge on any atom is -0.446 e. The maximum absolute atomic E-state index is 12.5. The summed E-state index contributed by atoms with van der Waals surface area (Å²) in [5.41, 5.74) is 0.190. The second-order valence-corrected chi connectivity index (χ2v) is 13.2. The van der Waals surface area contributed by atoms with E-state index in [9.17, 15) is 9.59 Å². The van der Waals surface area contributed by atoms with Crippen molar-refractivity contribution in [3.63, 3.8) is 0 Å². The molecule has 1 saturated heterocycles. The Morgan fingerprint density at radius 3 is 2.47 bits per heavy atom. The number of piperidine rings is 1. The van der Waals surface area contributed by atoms with Crippen LogP contribution in [-0.2, 0) is 9.53 Å². The number of carbonyl (C=O) groups is 2. The van der Waals surface area contributed by atoms with Crippen molar-refractivity contribution < 1.29 is 14.3 Å². The van der Waals surface area contributed by atoms with E-state index in [-0.39, 0.29) is 28.6 Å². The van der Waals surface area contributed by atoms with Crippen molar-refractivity contribution >= 4 is 12.0 Å². The molecule has 0 aromatic carbocycles. The Hall–Kier alpha value is -1.26. The van der Waals surface area contributed by atoms with Gasteiger partial charge in [0.2, 0.25) is 5.91 Å². The lowest BCUT2D eigenvalue weighted by Crippen LogP contribution is -2.61. The first-order valence-corrected chi connectivity index (χ1v) is 13.0. The summed E-state index contributed by atoms with van der Waals surface area (Å²) >= 11 is 0. The molecule has 32 heavy (non-hydrogen) atoms. The molecule has 0 bridgehead atoms. The molecule has 182 valence electrons. The van der Waals surface area contributed by atoms with Crippen molar-refractivity contribution in [3.8, 4) is 0 Å². The van der Waals surface area contributed by atoms with E-state index in [0.29, 0.717) is 42.0 Å². The monoisotopic (exact) mass is 446 g/mol. The molecule has 3 saturated carbocycles. The number of likely N-dealkylation sites (tertiary alicyclic amines) is 1. The molecule has 3 aliphatic carbocycles. The molecule has 1 heterocycles. The van der Waals surface area contributed by atoms with E-state index in [1.54, 1.807) is 0 Å². The lowest BCUT2D eigenvalue weighted by molar-refractivity contribution is -0.159. The molecular weight excluding hydrogens is 400 g/mol. The lowest BCUT2D eigenvalue weighted by atomic mass is 9.46. The van der Waals surface area contributed by atoms with E-state index < -0.39 is 0 Å². The molecule has 9 atom stereocenters. The molecule has 0 unspecified atom stereocenters. The highest BCUT2D eigenvalue weighted by Gasteiger charge is 2.63. The zero-order valence-corrected chi connectivity index (χ0v) is 21.7. The Morgan fingerprint density at radius 2 is 1.81 bits per heavy atom. The highest BCUT2D eigenvalue weighted by Crippen LogP contribution is 2.67. The maximum atomic E-state index is 12.5. The maximum Gasteiger partial charge on any atom is 0.407 e. The Balaban J connectivity index is 1.53. The average Bonchev–Trinajstić information content (AvgIpc) is 2.93. The van der Waals surface area contributed by atoms with Crippen LogP contribution in [0.5, 0.6) is 0 Å². The molecule has 2 amide bonds. The van der Waals surface area contributed by atoms with Crippen LogP contribution in [0.3, 0.4) is 0 Å². The SMILES string of the molecule is C[C@H]1C[C@H]2[C@@H]3CC[C@H]4N(C)C(=O)CC[C@]4(C)[C@H]3CC[C@]2(C)[C@H]1[C@@H](C)OC(=O)NC(C)(C)C. The number of rotatable bonds is 2. The third-order valence-corrected chi connectivity index (χ3v) is 10.3. The first-order chi connectivity index (χ1) is 14.8. The van der Waals surface area contributed by atoms with Gasteiger partial charge in [0.15, 0.2) is 0 Å². The third-order valence-electron chi connectivity index (χ3n) is 10.3. The van der Waals surface area contributed by atoms with Crippen LogP contribution < -0.4 is 5.32 Å². The van der Waals surface area contributed by atoms with Gasteiger partial charge in [0, 0.05) is 31.0 Å². The van der Waals surface area contributed by atoms with Crippen LogP contribution in [0, 0.1) is 40.4 Å². The Morgan fingerprint density at radius 1 is 1.12 bits per heavy atom. The van der Waals surface area contributed by atoms with Crippen LogP contribution >= 0.6 is 0 Å². The van der Waals surface area contributed by atoms with Gasteiger partial charge in [-0.1, -0.05) is 20.8 Å². The van der Waals surface area contributed by atoms with Gasteiger partial charge in [0.05, 0.1) is 0 Å². The van der Waals surface area contributed by atoms with Crippen molar-refractivity contribution in [1.29, 1.82) is 0 Å². The summed E-state index contributed by atoms with van der Waals surface area (Å²) in [6.07, 6.45) is 7.47. The normalized spacial score (nSPS) is 44.9. The van der Waals surface area contributed by atoms with Crippen LogP contribution in [-0.4, -0.2) is 41.6 Å². The number of hydrogen-bond acceptors (Lipinski definition) is 3. The predicted octanol–water partition coefficient (Wildman–Crippen LogP) is 5.63. The molecular formula is C27H46N2O3. The standard InChI is InChI=1S/C27H46N2O3/c1-16-15-20-18-9-10-21-26(6,14-12-22(30)29(21)8)19(18)11-13-27(20,7)23(16)17(2)32-24(31)28-25(3,4)5/h16-21,23H,9-15H2,1-8H3,(H,28,31)/t16-,17+,18+,19-,20-,21+,23+,26+,27-/m0/s1. The van der Waals surface area contributed by atoms with Crippen molar-refractivity contribution in [1.82, 2.24) is 10.2 Å². The number of hydrogen-bond donors (Lipinski definition) is 1. The van der Waals surface area contributed by atoms with E-state index >= 15 is 0 Å². The summed E-state index contributed by atoms with van der Waals surface area (Å²) in [4.78, 5) is 27.0. The van der Waals surface area contributed by atoms with Crippen LogP contribution in [0.25, 0.3) is 0 Å². The van der Waals surface area contributed by atoms with Gasteiger partial charge in [-0.05, 0) is 101 Å². The molecule has 5 heteroatoms. The van der Waals surface area contributed by atoms with E-state index in [0.717, 1.165) is 18.8 Å². The number of nitrogens with one attached hydrogen (secondary N) is 1. The van der Waals surface area contributed by atoms with E-state index in [2.05, 4.69) is 37.9 Å². The number of fused-ring (bicyclic) bond motifs is 5. The largest absolute Gasteiger partial charge is 0.446 e. The molecule has 1 N–H and O–H groups in total. The minimum absolute atomic E-state index is 0.0794. The Bertz CT molecular complexity index is 760. The second kappa shape index (κ2) is 7.91. The number of nitrogens with zero attached hydrogens (tertiary/aromatic N) is 1. The zero-order chi connectivity index (χ0) is 23.6. The summed E-state index contributed by atoms with van der Waals surface area (Å²) in [5, 5.41) is 2.97. The first-order valence-electron chi connectivity index (χ1n) is 13.0. The second-order valence-electron chi connectivity index (χ2n) is 13.2. The van der Waals surface area contributed by atoms with E-state index in [4.69, 9.17) is 4.74 Å². The van der Waals surface area contributed by atoms with Gasteiger partial charge < -0.3 is 15.0 Å². The predicted molar refractivity (Wildman–Crippen MR) is 127 cm³/mol. The molecule has 0 aromatic heterocycles.